The summed E-state index contributed by atoms with van der Waals surface area (Å²) in [5.74, 6) is 0.0914. The van der Waals surface area contributed by atoms with Gasteiger partial charge in [-0.05, 0) is 25.7 Å². The third-order valence-corrected chi connectivity index (χ3v) is 2.63. The number of hydrogen-bond acceptors (Lipinski definition) is 3. The van der Waals surface area contributed by atoms with Gasteiger partial charge in [-0.2, -0.15) is 0 Å². The van der Waals surface area contributed by atoms with Crippen molar-refractivity contribution in [2.24, 2.45) is 0 Å². The molecule has 2 amide bonds. The summed E-state index contributed by atoms with van der Waals surface area (Å²) in [7, 11) is 0. The maximum absolute atomic E-state index is 11.4. The second-order valence-electron chi connectivity index (χ2n) is 4.25. The van der Waals surface area contributed by atoms with Crippen LogP contribution in [-0.4, -0.2) is 31.7 Å². The van der Waals surface area contributed by atoms with Crippen LogP contribution in [0.15, 0.2) is 0 Å². The average molecular weight is 256 g/mol. The Labute approximate surface area is 109 Å². The van der Waals surface area contributed by atoms with Gasteiger partial charge in [0.05, 0.1) is 0 Å². The predicted molar refractivity (Wildman–Crippen MR) is 70.1 cm³/mol. The van der Waals surface area contributed by atoms with E-state index in [0.29, 0.717) is 32.3 Å². The molecule has 0 fully saturated rings. The summed E-state index contributed by atoms with van der Waals surface area (Å²) < 4.78 is 0. The maximum atomic E-state index is 11.4. The molecule has 0 radical (unpaired) electrons. The lowest BCUT2D eigenvalue weighted by Crippen LogP contribution is -2.24. The van der Waals surface area contributed by atoms with E-state index in [1.165, 1.54) is 0 Å². The molecule has 0 saturated carbocycles. The number of carbonyl (C=O) groups is 3. The maximum Gasteiger partial charge on any atom is 0.219 e. The Morgan fingerprint density at radius 1 is 0.889 bits per heavy atom. The van der Waals surface area contributed by atoms with Crippen LogP contribution >= 0.6 is 0 Å². The summed E-state index contributed by atoms with van der Waals surface area (Å²) in [6, 6.07) is 0. The van der Waals surface area contributed by atoms with Crippen molar-refractivity contribution in [1.29, 1.82) is 0 Å². The molecule has 0 bridgehead atoms. The number of hydrogen-bond donors (Lipinski definition) is 2. The van der Waals surface area contributed by atoms with Crippen LogP contribution < -0.4 is 10.6 Å². The quantitative estimate of drug-likeness (QED) is 0.383. The van der Waals surface area contributed by atoms with E-state index in [0.717, 1.165) is 44.8 Å². The fourth-order valence-electron chi connectivity index (χ4n) is 1.59. The summed E-state index contributed by atoms with van der Waals surface area (Å²) in [5.41, 5.74) is 0. The van der Waals surface area contributed by atoms with Crippen LogP contribution in [0.3, 0.4) is 0 Å². The highest BCUT2D eigenvalue weighted by molar-refractivity contribution is 5.75. The van der Waals surface area contributed by atoms with E-state index in [1.807, 2.05) is 0 Å². The van der Waals surface area contributed by atoms with Crippen molar-refractivity contribution < 1.29 is 14.4 Å². The largest absolute Gasteiger partial charge is 0.359 e. The Morgan fingerprint density at radius 3 is 2.33 bits per heavy atom. The first-order valence-corrected chi connectivity index (χ1v) is 6.68. The van der Waals surface area contributed by atoms with Gasteiger partial charge in [0.1, 0.15) is 6.29 Å². The first kappa shape index (κ1) is 16.6. The molecule has 0 spiro atoms. The van der Waals surface area contributed by atoms with Crippen LogP contribution in [0.1, 0.15) is 51.4 Å². The Bertz CT molecular complexity index is 210. The molecule has 0 unspecified atom stereocenters. The van der Waals surface area contributed by atoms with E-state index in [-0.39, 0.29) is 5.91 Å². The van der Waals surface area contributed by atoms with Gasteiger partial charge in [-0.3, -0.25) is 9.59 Å². The molecular weight excluding hydrogens is 232 g/mol. The predicted octanol–water partition coefficient (Wildman–Crippen LogP) is 1.17. The third kappa shape index (κ3) is 12.7. The lowest BCUT2D eigenvalue weighted by atomic mass is 10.2. The smallest absolute Gasteiger partial charge is 0.219 e. The van der Waals surface area contributed by atoms with Crippen molar-refractivity contribution in [2.45, 2.75) is 51.4 Å². The number of unbranched alkanes of at least 4 members (excludes halogenated alkanes) is 5. The number of aldehydes is 1. The van der Waals surface area contributed by atoms with Gasteiger partial charge >= 0.3 is 0 Å². The van der Waals surface area contributed by atoms with E-state index in [9.17, 15) is 14.4 Å². The number of nitrogens with one attached hydrogen (secondary N) is 2. The lowest BCUT2D eigenvalue weighted by molar-refractivity contribution is -0.121. The molecule has 0 aliphatic carbocycles. The Balaban J connectivity index is 3.17. The van der Waals surface area contributed by atoms with Crippen LogP contribution in [0.5, 0.6) is 0 Å². The van der Waals surface area contributed by atoms with E-state index in [4.69, 9.17) is 0 Å². The minimum atomic E-state index is 0.0914. The van der Waals surface area contributed by atoms with E-state index in [1.54, 1.807) is 0 Å². The van der Waals surface area contributed by atoms with Gasteiger partial charge < -0.3 is 15.4 Å². The van der Waals surface area contributed by atoms with Crippen molar-refractivity contribution in [1.82, 2.24) is 10.6 Å². The molecule has 0 atom stereocenters. The van der Waals surface area contributed by atoms with Crippen molar-refractivity contribution in [3.8, 4) is 0 Å². The number of rotatable bonds is 13. The highest BCUT2D eigenvalue weighted by Gasteiger charge is 1.99. The van der Waals surface area contributed by atoms with Gasteiger partial charge in [0.15, 0.2) is 0 Å². The molecule has 0 aromatic carbocycles. The monoisotopic (exact) mass is 256 g/mol. The van der Waals surface area contributed by atoms with Gasteiger partial charge in [-0.1, -0.05) is 12.8 Å². The summed E-state index contributed by atoms with van der Waals surface area (Å²) in [6.07, 6.45) is 8.33. The van der Waals surface area contributed by atoms with Crippen molar-refractivity contribution in [3.05, 3.63) is 0 Å². The molecule has 2 N–H and O–H groups in total. The summed E-state index contributed by atoms with van der Waals surface area (Å²) in [4.78, 5) is 31.4. The van der Waals surface area contributed by atoms with Gasteiger partial charge in [-0.15, -0.1) is 0 Å². The molecule has 0 aliphatic rings. The zero-order valence-corrected chi connectivity index (χ0v) is 11.0. The van der Waals surface area contributed by atoms with Crippen molar-refractivity contribution >= 4 is 18.6 Å². The molecule has 0 heterocycles. The van der Waals surface area contributed by atoms with Crippen LogP contribution in [0.4, 0.5) is 0 Å². The van der Waals surface area contributed by atoms with Crippen LogP contribution in [0.25, 0.3) is 0 Å². The highest BCUT2D eigenvalue weighted by atomic mass is 16.1. The highest BCUT2D eigenvalue weighted by Crippen LogP contribution is 2.00. The zero-order valence-electron chi connectivity index (χ0n) is 11.0. The second-order valence-corrected chi connectivity index (χ2v) is 4.25. The molecule has 5 heteroatoms. The molecule has 0 aromatic rings. The molecule has 104 valence electrons. The first-order valence-electron chi connectivity index (χ1n) is 6.68. The zero-order chi connectivity index (χ0) is 13.5. The second kappa shape index (κ2) is 13.7. The summed E-state index contributed by atoms with van der Waals surface area (Å²) in [6.45, 7) is 1.38. The summed E-state index contributed by atoms with van der Waals surface area (Å²) in [5, 5.41) is 5.45. The lowest BCUT2D eigenvalue weighted by Gasteiger charge is -2.04. The molecule has 0 aliphatic heterocycles. The SMILES string of the molecule is O=CCCCCCNC(=O)CCCCCNC=O. The Hall–Kier alpha value is -1.39. The third-order valence-electron chi connectivity index (χ3n) is 2.63. The number of amides is 2. The fourth-order valence-corrected chi connectivity index (χ4v) is 1.59. The molecular formula is C13H24N2O3. The van der Waals surface area contributed by atoms with Gasteiger partial charge in [0.2, 0.25) is 12.3 Å². The minimum absolute atomic E-state index is 0.0914. The van der Waals surface area contributed by atoms with E-state index >= 15 is 0 Å². The Kier molecular flexibility index (Phi) is 12.6. The van der Waals surface area contributed by atoms with Crippen LogP contribution in [0, 0.1) is 0 Å². The number of carbonyl (C=O) groups excluding carboxylic acids is 3. The Morgan fingerprint density at radius 2 is 1.61 bits per heavy atom. The average Bonchev–Trinajstić information content (AvgIpc) is 2.38. The normalized spacial score (nSPS) is 9.78. The molecule has 0 saturated heterocycles. The fraction of sp³-hybridized carbons (Fsp3) is 0.769. The standard InChI is InChI=1S/C13H24N2O3/c16-11-7-2-1-6-10-15-13(18)8-4-3-5-9-14-12-17/h11-12H,1-10H2,(H,14,17)(H,15,18). The van der Waals surface area contributed by atoms with Crippen molar-refractivity contribution in [3.63, 3.8) is 0 Å². The van der Waals surface area contributed by atoms with E-state index in [2.05, 4.69) is 10.6 Å². The molecule has 18 heavy (non-hydrogen) atoms. The van der Waals surface area contributed by atoms with Gasteiger partial charge in [0.25, 0.3) is 0 Å². The molecule has 0 aromatic heterocycles. The topological polar surface area (TPSA) is 75.3 Å². The first-order chi connectivity index (χ1) is 8.81. The van der Waals surface area contributed by atoms with Crippen LogP contribution in [0.2, 0.25) is 0 Å². The van der Waals surface area contributed by atoms with E-state index < -0.39 is 0 Å². The van der Waals surface area contributed by atoms with Crippen molar-refractivity contribution in [2.75, 3.05) is 13.1 Å². The molecule has 5 nitrogen and oxygen atoms in total. The molecule has 0 rings (SSSR count). The van der Waals surface area contributed by atoms with Crippen LogP contribution in [-0.2, 0) is 14.4 Å². The summed E-state index contributed by atoms with van der Waals surface area (Å²) >= 11 is 0. The minimum Gasteiger partial charge on any atom is -0.359 e. The van der Waals surface area contributed by atoms with Gasteiger partial charge in [-0.25, -0.2) is 0 Å². The van der Waals surface area contributed by atoms with Gasteiger partial charge in [0, 0.05) is 25.9 Å².